The first-order valence-electron chi connectivity index (χ1n) is 7.93. The van der Waals surface area contributed by atoms with Crippen molar-refractivity contribution in [3.05, 3.63) is 59.1 Å². The Bertz CT molecular complexity index is 884. The number of halogens is 1. The van der Waals surface area contributed by atoms with Gasteiger partial charge in [-0.1, -0.05) is 41.9 Å². The number of sulfonamides is 1. The van der Waals surface area contributed by atoms with Crippen LogP contribution in [0.2, 0.25) is 5.02 Å². The van der Waals surface area contributed by atoms with E-state index in [9.17, 15) is 13.2 Å². The maximum atomic E-state index is 12.4. The van der Waals surface area contributed by atoms with Gasteiger partial charge in [-0.05, 0) is 30.7 Å². The summed E-state index contributed by atoms with van der Waals surface area (Å²) in [6.07, 6.45) is -0.785. The number of carbonyl (C=O) groups is 1. The summed E-state index contributed by atoms with van der Waals surface area (Å²) in [5.41, 5.74) is 0.500. The average Bonchev–Trinajstić information content (AvgIpc) is 2.61. The third-order valence-electron chi connectivity index (χ3n) is 3.69. The van der Waals surface area contributed by atoms with Gasteiger partial charge in [-0.3, -0.25) is 4.79 Å². The van der Waals surface area contributed by atoms with Crippen molar-refractivity contribution in [2.45, 2.75) is 24.5 Å². The fourth-order valence-electron chi connectivity index (χ4n) is 2.21. The highest BCUT2D eigenvalue weighted by atomic mass is 35.5. The Balaban J connectivity index is 2.07. The van der Waals surface area contributed by atoms with E-state index in [0.29, 0.717) is 16.3 Å². The van der Waals surface area contributed by atoms with Crippen molar-refractivity contribution in [1.29, 1.82) is 0 Å². The standard InChI is InChI=1S/C18H21ClN2O4S/c1-13(25-16-10-6-5-9-15(16)19)18(22)20-12-14-8-4-7-11-17(14)26(23,24)21(2)3/h4-11,13H,12H2,1-3H3,(H,20,22). The highest BCUT2D eigenvalue weighted by Gasteiger charge is 2.22. The second-order valence-corrected chi connectivity index (χ2v) is 8.33. The van der Waals surface area contributed by atoms with E-state index < -0.39 is 16.1 Å². The Kier molecular flexibility index (Phi) is 6.63. The number of nitrogens with one attached hydrogen (secondary N) is 1. The second-order valence-electron chi connectivity index (χ2n) is 5.80. The molecule has 0 bridgehead atoms. The summed E-state index contributed by atoms with van der Waals surface area (Å²) in [5.74, 6) is 0.0365. The van der Waals surface area contributed by atoms with Crippen molar-refractivity contribution >= 4 is 27.5 Å². The molecule has 140 valence electrons. The molecule has 0 aromatic heterocycles. The van der Waals surface area contributed by atoms with Crippen LogP contribution >= 0.6 is 11.6 Å². The third-order valence-corrected chi connectivity index (χ3v) is 5.92. The molecule has 0 saturated heterocycles. The molecule has 2 aromatic rings. The van der Waals surface area contributed by atoms with Crippen molar-refractivity contribution in [2.75, 3.05) is 14.1 Å². The van der Waals surface area contributed by atoms with Crippen molar-refractivity contribution < 1.29 is 17.9 Å². The molecule has 0 fully saturated rings. The molecule has 0 spiro atoms. The fraction of sp³-hybridized carbons (Fsp3) is 0.278. The van der Waals surface area contributed by atoms with Crippen LogP contribution in [0.15, 0.2) is 53.4 Å². The number of ether oxygens (including phenoxy) is 1. The fourth-order valence-corrected chi connectivity index (χ4v) is 3.50. The van der Waals surface area contributed by atoms with Crippen LogP contribution in [-0.4, -0.2) is 38.8 Å². The van der Waals surface area contributed by atoms with E-state index in [-0.39, 0.29) is 17.3 Å². The molecular weight excluding hydrogens is 376 g/mol. The summed E-state index contributed by atoms with van der Waals surface area (Å²) in [4.78, 5) is 12.4. The summed E-state index contributed by atoms with van der Waals surface area (Å²) < 4.78 is 31.5. The predicted octanol–water partition coefficient (Wildman–Crippen LogP) is 2.67. The van der Waals surface area contributed by atoms with Gasteiger partial charge in [0.2, 0.25) is 10.0 Å². The maximum Gasteiger partial charge on any atom is 0.261 e. The lowest BCUT2D eigenvalue weighted by atomic mass is 10.2. The van der Waals surface area contributed by atoms with Crippen LogP contribution in [-0.2, 0) is 21.4 Å². The van der Waals surface area contributed by atoms with Crippen LogP contribution in [0.5, 0.6) is 5.75 Å². The van der Waals surface area contributed by atoms with E-state index in [1.165, 1.54) is 20.2 Å². The first-order chi connectivity index (χ1) is 12.2. The Hall–Kier alpha value is -2.09. The molecule has 0 radical (unpaired) electrons. The topological polar surface area (TPSA) is 75.7 Å². The van der Waals surface area contributed by atoms with E-state index in [1.807, 2.05) is 0 Å². The van der Waals surface area contributed by atoms with Crippen LogP contribution in [0, 0.1) is 0 Å². The largest absolute Gasteiger partial charge is 0.479 e. The summed E-state index contributed by atoms with van der Waals surface area (Å²) in [6.45, 7) is 1.67. The normalized spacial score (nSPS) is 12.7. The van der Waals surface area contributed by atoms with E-state index in [1.54, 1.807) is 49.4 Å². The van der Waals surface area contributed by atoms with Crippen molar-refractivity contribution in [1.82, 2.24) is 9.62 Å². The van der Waals surface area contributed by atoms with Crippen LogP contribution in [0.4, 0.5) is 0 Å². The molecule has 6 nitrogen and oxygen atoms in total. The lowest BCUT2D eigenvalue weighted by Gasteiger charge is -2.18. The Labute approximate surface area is 158 Å². The summed E-state index contributed by atoms with van der Waals surface area (Å²) in [5, 5.41) is 3.11. The van der Waals surface area contributed by atoms with E-state index in [4.69, 9.17) is 16.3 Å². The highest BCUT2D eigenvalue weighted by molar-refractivity contribution is 7.89. The zero-order chi connectivity index (χ0) is 19.3. The number of hydrogen-bond donors (Lipinski definition) is 1. The van der Waals surface area contributed by atoms with Crippen LogP contribution in [0.1, 0.15) is 12.5 Å². The molecule has 0 aliphatic carbocycles. The minimum absolute atomic E-state index is 0.0678. The highest BCUT2D eigenvalue weighted by Crippen LogP contribution is 2.24. The molecule has 2 rings (SSSR count). The molecule has 26 heavy (non-hydrogen) atoms. The van der Waals surface area contributed by atoms with Gasteiger partial charge in [-0.2, -0.15) is 0 Å². The molecule has 0 saturated carbocycles. The number of para-hydroxylation sites is 1. The molecule has 1 unspecified atom stereocenters. The molecule has 2 aromatic carbocycles. The molecule has 1 atom stereocenters. The van der Waals surface area contributed by atoms with Gasteiger partial charge in [-0.25, -0.2) is 12.7 Å². The van der Waals surface area contributed by atoms with Gasteiger partial charge in [0.05, 0.1) is 9.92 Å². The lowest BCUT2D eigenvalue weighted by molar-refractivity contribution is -0.127. The molecule has 1 N–H and O–H groups in total. The molecule has 8 heteroatoms. The molecule has 0 aliphatic rings. The van der Waals surface area contributed by atoms with E-state index >= 15 is 0 Å². The van der Waals surface area contributed by atoms with Gasteiger partial charge in [0.15, 0.2) is 6.10 Å². The van der Waals surface area contributed by atoms with E-state index in [2.05, 4.69) is 5.32 Å². The van der Waals surface area contributed by atoms with Crippen LogP contribution in [0.3, 0.4) is 0 Å². The number of rotatable bonds is 7. The van der Waals surface area contributed by atoms with Gasteiger partial charge in [0, 0.05) is 20.6 Å². The number of carbonyl (C=O) groups excluding carboxylic acids is 1. The average molecular weight is 397 g/mol. The number of amides is 1. The number of hydrogen-bond acceptors (Lipinski definition) is 4. The van der Waals surface area contributed by atoms with Crippen molar-refractivity contribution in [3.63, 3.8) is 0 Å². The van der Waals surface area contributed by atoms with E-state index in [0.717, 1.165) is 4.31 Å². The van der Waals surface area contributed by atoms with Crippen LogP contribution in [0.25, 0.3) is 0 Å². The van der Waals surface area contributed by atoms with Crippen LogP contribution < -0.4 is 10.1 Å². The van der Waals surface area contributed by atoms with Crippen molar-refractivity contribution in [2.24, 2.45) is 0 Å². The molecular formula is C18H21ClN2O4S. The van der Waals surface area contributed by atoms with Gasteiger partial charge in [0.1, 0.15) is 5.75 Å². The Morgan fingerprint density at radius 2 is 1.77 bits per heavy atom. The monoisotopic (exact) mass is 396 g/mol. The molecule has 0 aliphatic heterocycles. The van der Waals surface area contributed by atoms with Gasteiger partial charge >= 0.3 is 0 Å². The van der Waals surface area contributed by atoms with Gasteiger partial charge < -0.3 is 10.1 Å². The smallest absolute Gasteiger partial charge is 0.261 e. The minimum Gasteiger partial charge on any atom is -0.479 e. The zero-order valence-electron chi connectivity index (χ0n) is 14.8. The van der Waals surface area contributed by atoms with Gasteiger partial charge in [-0.15, -0.1) is 0 Å². The summed E-state index contributed by atoms with van der Waals surface area (Å²) in [7, 11) is -0.671. The molecule has 1 amide bonds. The first-order valence-corrected chi connectivity index (χ1v) is 9.74. The lowest BCUT2D eigenvalue weighted by Crippen LogP contribution is -2.36. The zero-order valence-corrected chi connectivity index (χ0v) is 16.3. The number of benzene rings is 2. The SMILES string of the molecule is CC(Oc1ccccc1Cl)C(=O)NCc1ccccc1S(=O)(=O)N(C)C. The third kappa shape index (κ3) is 4.75. The Morgan fingerprint density at radius 1 is 1.15 bits per heavy atom. The molecule has 0 heterocycles. The minimum atomic E-state index is -3.60. The maximum absolute atomic E-state index is 12.4. The summed E-state index contributed by atoms with van der Waals surface area (Å²) >= 11 is 6.02. The number of nitrogens with zero attached hydrogens (tertiary/aromatic N) is 1. The summed E-state index contributed by atoms with van der Waals surface area (Å²) in [6, 6.07) is 13.4. The quantitative estimate of drug-likeness (QED) is 0.780. The van der Waals surface area contributed by atoms with Gasteiger partial charge in [0.25, 0.3) is 5.91 Å². The Morgan fingerprint density at radius 3 is 2.42 bits per heavy atom. The second kappa shape index (κ2) is 8.53. The predicted molar refractivity (Wildman–Crippen MR) is 101 cm³/mol. The first kappa shape index (κ1) is 20.2. The van der Waals surface area contributed by atoms with Crippen molar-refractivity contribution in [3.8, 4) is 5.75 Å².